The van der Waals surface area contributed by atoms with E-state index in [9.17, 15) is 0 Å². The number of nitrogens with two attached hydrogens (primary N) is 1. The van der Waals surface area contributed by atoms with Crippen LogP contribution >= 0.6 is 0 Å². The van der Waals surface area contributed by atoms with Crippen LogP contribution in [0.2, 0.25) is 0 Å². The molecule has 0 aromatic heterocycles. The minimum atomic E-state index is -0.708. The van der Waals surface area contributed by atoms with Gasteiger partial charge in [0.15, 0.2) is 0 Å². The van der Waals surface area contributed by atoms with E-state index in [1.807, 2.05) is 41.5 Å². The van der Waals surface area contributed by atoms with Crippen molar-refractivity contribution >= 4 is 5.84 Å². The standard InChI is InChI=1S/C5H12O3.C4H10O.2C4H10.C3H8O.C3H8.C2H6N2.C2H6O.2C2H6.CH4/c1-5(2-6,3-7)4-8;1-3-4(2)5;1-4(2)3;1-3-4-2;1-2-3-4;1-3-2;1-2(3)4;1-2-3;2*1-2;/h6-8H,2-4H2,1H3;4-5H,3H2,1-2H3;4H,1-3H3;3-4H2,1-2H3;4H,2-3H2,1H3;3H2,1-2H3;1H3,(H3,3,4);3H,2H2,1H3;2*1-2H3;1H4. The normalized spacial score (nSPS) is 8.50. The number of aliphatic hydroxyl groups is 6. The van der Waals surface area contributed by atoms with Gasteiger partial charge in [0.2, 0.25) is 0 Å². The predicted octanol–water partition coefficient (Wildman–Crippen LogP) is 7.65. The average molecular weight is 595 g/mol. The largest absolute Gasteiger partial charge is 0.397 e. The fourth-order valence-corrected chi connectivity index (χ4v) is 0.150. The molecule has 0 spiro atoms. The lowest BCUT2D eigenvalue weighted by atomic mass is 9.95. The maximum absolute atomic E-state index is 8.47. The van der Waals surface area contributed by atoms with Gasteiger partial charge in [-0.1, -0.05) is 124 Å². The first kappa shape index (κ1) is 71.9. The summed E-state index contributed by atoms with van der Waals surface area (Å²) in [7, 11) is 0. The lowest BCUT2D eigenvalue weighted by Crippen LogP contribution is -2.29. The maximum atomic E-state index is 8.47. The Bertz CT molecular complexity index is 266. The molecule has 0 rings (SSSR count). The van der Waals surface area contributed by atoms with Crippen molar-refractivity contribution in [3.8, 4) is 0 Å². The van der Waals surface area contributed by atoms with Gasteiger partial charge in [0, 0.05) is 18.6 Å². The van der Waals surface area contributed by atoms with Gasteiger partial charge in [-0.15, -0.1) is 0 Å². The van der Waals surface area contributed by atoms with E-state index in [0.717, 1.165) is 18.8 Å². The smallest absolute Gasteiger partial charge is 0.0873 e. The van der Waals surface area contributed by atoms with Crippen molar-refractivity contribution in [3.05, 3.63) is 0 Å². The lowest BCUT2D eigenvalue weighted by Gasteiger charge is -2.20. The third kappa shape index (κ3) is 327. The van der Waals surface area contributed by atoms with Crippen LogP contribution in [0.15, 0.2) is 0 Å². The molecule has 1 unspecified atom stereocenters. The molecule has 40 heavy (non-hydrogen) atoms. The van der Waals surface area contributed by atoms with Gasteiger partial charge in [0.05, 0.1) is 31.8 Å². The van der Waals surface area contributed by atoms with Crippen molar-refractivity contribution < 1.29 is 30.6 Å². The highest BCUT2D eigenvalue weighted by atomic mass is 16.3. The van der Waals surface area contributed by atoms with Crippen molar-refractivity contribution in [2.24, 2.45) is 17.1 Å². The molecule has 8 nitrogen and oxygen atoms in total. The molecule has 0 aromatic rings. The summed E-state index contributed by atoms with van der Waals surface area (Å²) in [6, 6.07) is 0. The molecule has 0 bridgehead atoms. The Balaban J connectivity index is -0.0000000267. The first-order valence-electron chi connectivity index (χ1n) is 15.1. The van der Waals surface area contributed by atoms with Gasteiger partial charge in [0.25, 0.3) is 0 Å². The number of hydrogen-bond acceptors (Lipinski definition) is 7. The fourth-order valence-electron chi connectivity index (χ4n) is 0.150. The molecule has 8 heteroatoms. The van der Waals surface area contributed by atoms with Crippen LogP contribution in [0, 0.1) is 16.7 Å². The summed E-state index contributed by atoms with van der Waals surface area (Å²) >= 11 is 0. The minimum absolute atomic E-state index is 0. The Morgan fingerprint density at radius 3 is 0.825 bits per heavy atom. The van der Waals surface area contributed by atoms with Crippen LogP contribution in [0.5, 0.6) is 0 Å². The summed E-state index contributed by atoms with van der Waals surface area (Å²) in [6.45, 7) is 33.6. The van der Waals surface area contributed by atoms with Crippen LogP contribution in [-0.2, 0) is 0 Å². The fraction of sp³-hybridized carbons (Fsp3) is 0.969. The number of hydrogen-bond donors (Lipinski definition) is 8. The van der Waals surface area contributed by atoms with Crippen LogP contribution in [0.3, 0.4) is 0 Å². The van der Waals surface area contributed by atoms with Crippen molar-refractivity contribution in [2.75, 3.05) is 33.0 Å². The second kappa shape index (κ2) is 90.3. The van der Waals surface area contributed by atoms with Crippen LogP contribution < -0.4 is 5.73 Å². The Morgan fingerprint density at radius 1 is 0.700 bits per heavy atom. The van der Waals surface area contributed by atoms with Gasteiger partial charge in [-0.25, -0.2) is 0 Å². The number of aliphatic hydroxyl groups excluding tert-OH is 6. The van der Waals surface area contributed by atoms with Gasteiger partial charge in [-0.2, -0.15) is 0 Å². The topological polar surface area (TPSA) is 171 Å². The van der Waals surface area contributed by atoms with E-state index in [-0.39, 0.29) is 45.8 Å². The molecule has 0 amide bonds. The number of rotatable bonds is 6. The highest BCUT2D eigenvalue weighted by Gasteiger charge is 2.20. The molecular weight excluding hydrogens is 508 g/mol. The van der Waals surface area contributed by atoms with Crippen molar-refractivity contribution in [2.45, 2.75) is 163 Å². The minimum Gasteiger partial charge on any atom is -0.397 e. The molecule has 0 saturated carbocycles. The van der Waals surface area contributed by atoms with E-state index in [4.69, 9.17) is 41.8 Å². The highest BCUT2D eigenvalue weighted by molar-refractivity contribution is 5.73. The van der Waals surface area contributed by atoms with E-state index in [2.05, 4.69) is 48.5 Å². The highest BCUT2D eigenvalue weighted by Crippen LogP contribution is 2.10. The molecule has 0 aliphatic heterocycles. The second-order valence-electron chi connectivity index (χ2n) is 8.70. The molecule has 0 radical (unpaired) electrons. The van der Waals surface area contributed by atoms with E-state index in [1.54, 1.807) is 20.8 Å². The Hall–Kier alpha value is -0.770. The van der Waals surface area contributed by atoms with Gasteiger partial charge in [0.1, 0.15) is 0 Å². The van der Waals surface area contributed by atoms with Crippen molar-refractivity contribution in [1.82, 2.24) is 0 Å². The summed E-state index contributed by atoms with van der Waals surface area (Å²) in [5, 5.41) is 55.5. The third-order valence-corrected chi connectivity index (χ3v) is 2.46. The van der Waals surface area contributed by atoms with E-state index < -0.39 is 5.41 Å². The van der Waals surface area contributed by atoms with Crippen LogP contribution in [0.25, 0.3) is 0 Å². The zero-order valence-electron chi connectivity index (χ0n) is 30.0. The maximum Gasteiger partial charge on any atom is 0.0873 e. The number of amidine groups is 1. The van der Waals surface area contributed by atoms with Crippen LogP contribution in [-0.4, -0.2) is 75.6 Å². The van der Waals surface area contributed by atoms with Crippen LogP contribution in [0.1, 0.15) is 157 Å². The monoisotopic (exact) mass is 595 g/mol. The molecule has 0 aromatic carbocycles. The second-order valence-corrected chi connectivity index (χ2v) is 8.70. The lowest BCUT2D eigenvalue weighted by molar-refractivity contribution is 0.0200. The summed E-state index contributed by atoms with van der Waals surface area (Å²) in [5.74, 6) is 1.00. The van der Waals surface area contributed by atoms with Crippen molar-refractivity contribution in [1.29, 1.82) is 5.41 Å². The third-order valence-electron chi connectivity index (χ3n) is 2.46. The number of nitrogens with one attached hydrogen (secondary N) is 1. The van der Waals surface area contributed by atoms with E-state index in [0.29, 0.717) is 6.61 Å². The van der Waals surface area contributed by atoms with E-state index >= 15 is 0 Å². The average Bonchev–Trinajstić information content (AvgIpc) is 2.91. The summed E-state index contributed by atoms with van der Waals surface area (Å²) in [6.07, 6.45) is 5.51. The molecule has 0 saturated heterocycles. The molecule has 1 atom stereocenters. The Kier molecular flexibility index (Phi) is 162. The van der Waals surface area contributed by atoms with E-state index in [1.165, 1.54) is 26.2 Å². The predicted molar refractivity (Wildman–Crippen MR) is 186 cm³/mol. The molecule has 260 valence electrons. The molecule has 0 heterocycles. The number of unbranched alkanes of at least 4 members (excludes halogenated alkanes) is 1. The molecule has 9 N–H and O–H groups in total. The Morgan fingerprint density at radius 2 is 0.825 bits per heavy atom. The van der Waals surface area contributed by atoms with Crippen LogP contribution in [0.4, 0.5) is 0 Å². The van der Waals surface area contributed by atoms with Gasteiger partial charge < -0.3 is 36.4 Å². The SMILES string of the molecule is C.CC.CC.CC(=N)N.CC(C)C.CC(CO)(CO)CO.CCC.CCC(C)O.CCCC.CCCO.CCO. The summed E-state index contributed by atoms with van der Waals surface area (Å²) < 4.78 is 0. The molecular formula is C32H86N2O6. The van der Waals surface area contributed by atoms with Crippen molar-refractivity contribution in [3.63, 3.8) is 0 Å². The summed E-state index contributed by atoms with van der Waals surface area (Å²) in [4.78, 5) is 0. The first-order valence-corrected chi connectivity index (χ1v) is 15.1. The summed E-state index contributed by atoms with van der Waals surface area (Å²) in [5.41, 5.74) is 3.99. The molecule has 0 fully saturated rings. The zero-order valence-corrected chi connectivity index (χ0v) is 30.0. The van der Waals surface area contributed by atoms with Gasteiger partial charge in [-0.3, -0.25) is 5.41 Å². The molecule has 0 aliphatic rings. The quantitative estimate of drug-likeness (QED) is 0.115. The zero-order chi connectivity index (χ0) is 34.3. The first-order chi connectivity index (χ1) is 18.1. The molecule has 0 aliphatic carbocycles. The van der Waals surface area contributed by atoms with Gasteiger partial charge >= 0.3 is 0 Å². The van der Waals surface area contributed by atoms with Gasteiger partial charge in [-0.05, 0) is 39.5 Å². The Labute approximate surface area is 255 Å².